The van der Waals surface area contributed by atoms with Crippen LogP contribution >= 0.6 is 23.2 Å². The van der Waals surface area contributed by atoms with Crippen molar-refractivity contribution in [3.63, 3.8) is 0 Å². The molecule has 0 bridgehead atoms. The molecular weight excluding hydrogens is 278 g/mol. The van der Waals surface area contributed by atoms with E-state index >= 15 is 0 Å². The largest absolute Gasteiger partial charge is 0.225 e. The number of hydrogen-bond donors (Lipinski definition) is 0. The molecule has 7 heteroatoms. The van der Waals surface area contributed by atoms with Gasteiger partial charge in [-0.05, 0) is 35.9 Å². The van der Waals surface area contributed by atoms with E-state index < -0.39 is 0 Å². The lowest BCUT2D eigenvalue weighted by atomic mass is 10.3. The fourth-order valence-electron chi connectivity index (χ4n) is 1.62. The van der Waals surface area contributed by atoms with Gasteiger partial charge < -0.3 is 0 Å². The Morgan fingerprint density at radius 1 is 1.06 bits per heavy atom. The SMILES string of the molecule is Fc1ccc(-n2ncc3c(Cl)nc(Cl)nc32)cc1. The third-order valence-corrected chi connectivity index (χ3v) is 2.88. The van der Waals surface area contributed by atoms with Gasteiger partial charge in [-0.15, -0.1) is 0 Å². The first kappa shape index (κ1) is 11.4. The molecule has 0 radical (unpaired) electrons. The summed E-state index contributed by atoms with van der Waals surface area (Å²) in [5, 5.41) is 5.01. The Balaban J connectivity index is 2.27. The highest BCUT2D eigenvalue weighted by Gasteiger charge is 2.11. The molecule has 18 heavy (non-hydrogen) atoms. The second kappa shape index (κ2) is 4.19. The van der Waals surface area contributed by atoms with Crippen molar-refractivity contribution in [1.82, 2.24) is 19.7 Å². The van der Waals surface area contributed by atoms with Crippen molar-refractivity contribution in [2.75, 3.05) is 0 Å². The summed E-state index contributed by atoms with van der Waals surface area (Å²) >= 11 is 11.7. The lowest BCUT2D eigenvalue weighted by Gasteiger charge is -2.02. The van der Waals surface area contributed by atoms with Gasteiger partial charge in [0, 0.05) is 0 Å². The molecule has 0 aliphatic carbocycles. The molecule has 4 nitrogen and oxygen atoms in total. The summed E-state index contributed by atoms with van der Waals surface area (Å²) in [6.07, 6.45) is 1.54. The number of benzene rings is 1. The molecule has 3 aromatic rings. The zero-order valence-electron chi connectivity index (χ0n) is 8.81. The average Bonchev–Trinajstić information content (AvgIpc) is 2.74. The van der Waals surface area contributed by atoms with E-state index in [1.165, 1.54) is 23.0 Å². The van der Waals surface area contributed by atoms with Crippen LogP contribution in [0.3, 0.4) is 0 Å². The highest BCUT2D eigenvalue weighted by atomic mass is 35.5. The highest BCUT2D eigenvalue weighted by Crippen LogP contribution is 2.23. The molecule has 2 heterocycles. The van der Waals surface area contributed by atoms with Crippen LogP contribution in [0, 0.1) is 5.82 Å². The van der Waals surface area contributed by atoms with Crippen LogP contribution in [-0.2, 0) is 0 Å². The number of rotatable bonds is 1. The second-order valence-corrected chi connectivity index (χ2v) is 4.25. The summed E-state index contributed by atoms with van der Waals surface area (Å²) in [6, 6.07) is 5.86. The fourth-order valence-corrected chi connectivity index (χ4v) is 2.04. The second-order valence-electron chi connectivity index (χ2n) is 3.55. The molecule has 0 unspecified atom stereocenters. The summed E-state index contributed by atoms with van der Waals surface area (Å²) in [6.45, 7) is 0. The van der Waals surface area contributed by atoms with Crippen LogP contribution in [0.1, 0.15) is 0 Å². The van der Waals surface area contributed by atoms with E-state index in [2.05, 4.69) is 15.1 Å². The molecule has 0 N–H and O–H groups in total. The van der Waals surface area contributed by atoms with Gasteiger partial charge in [0.25, 0.3) is 0 Å². The number of hydrogen-bond acceptors (Lipinski definition) is 3. The van der Waals surface area contributed by atoms with Crippen LogP contribution < -0.4 is 0 Å². The molecule has 0 fully saturated rings. The molecule has 90 valence electrons. The number of halogens is 3. The van der Waals surface area contributed by atoms with Crippen LogP contribution in [0.15, 0.2) is 30.5 Å². The van der Waals surface area contributed by atoms with Crippen molar-refractivity contribution in [3.05, 3.63) is 46.7 Å². The molecule has 1 aromatic carbocycles. The minimum atomic E-state index is -0.319. The Bertz CT molecular complexity index is 724. The Labute approximate surface area is 111 Å². The molecule has 0 aliphatic heterocycles. The summed E-state index contributed by atoms with van der Waals surface area (Å²) < 4.78 is 14.4. The van der Waals surface area contributed by atoms with E-state index in [1.807, 2.05) is 0 Å². The van der Waals surface area contributed by atoms with E-state index in [9.17, 15) is 4.39 Å². The Hall–Kier alpha value is -1.72. The Morgan fingerprint density at radius 2 is 1.78 bits per heavy atom. The Morgan fingerprint density at radius 3 is 2.50 bits per heavy atom. The quantitative estimate of drug-likeness (QED) is 0.508. The van der Waals surface area contributed by atoms with Crippen LogP contribution in [0.4, 0.5) is 4.39 Å². The van der Waals surface area contributed by atoms with Gasteiger partial charge in [0.05, 0.1) is 17.3 Å². The zero-order valence-corrected chi connectivity index (χ0v) is 10.3. The molecule has 0 aliphatic rings. The van der Waals surface area contributed by atoms with E-state index in [0.717, 1.165) is 0 Å². The molecule has 0 saturated carbocycles. The topological polar surface area (TPSA) is 43.6 Å². The van der Waals surface area contributed by atoms with Crippen molar-refractivity contribution in [2.45, 2.75) is 0 Å². The predicted octanol–water partition coefficient (Wildman–Crippen LogP) is 3.26. The van der Waals surface area contributed by atoms with Gasteiger partial charge >= 0.3 is 0 Å². The zero-order chi connectivity index (χ0) is 12.7. The number of fused-ring (bicyclic) bond motifs is 1. The lowest BCUT2D eigenvalue weighted by molar-refractivity contribution is 0.627. The molecule has 2 aromatic heterocycles. The maximum absolute atomic E-state index is 12.9. The number of aromatic nitrogens is 4. The molecule has 3 rings (SSSR count). The summed E-state index contributed by atoms with van der Waals surface area (Å²) in [4.78, 5) is 7.90. The van der Waals surface area contributed by atoms with Crippen LogP contribution in [-0.4, -0.2) is 19.7 Å². The van der Waals surface area contributed by atoms with Gasteiger partial charge in [-0.25, -0.2) is 14.1 Å². The minimum absolute atomic E-state index is 0.0383. The van der Waals surface area contributed by atoms with Crippen molar-refractivity contribution in [3.8, 4) is 5.69 Å². The fraction of sp³-hybridized carbons (Fsp3) is 0. The molecule has 0 atom stereocenters. The first-order chi connectivity index (χ1) is 8.65. The molecule has 0 spiro atoms. The summed E-state index contributed by atoms with van der Waals surface area (Å²) in [5.74, 6) is -0.319. The first-order valence-corrected chi connectivity index (χ1v) is 5.73. The van der Waals surface area contributed by atoms with Gasteiger partial charge in [-0.2, -0.15) is 10.1 Å². The van der Waals surface area contributed by atoms with Crippen molar-refractivity contribution >= 4 is 34.2 Å². The lowest BCUT2D eigenvalue weighted by Crippen LogP contribution is -1.98. The van der Waals surface area contributed by atoms with Gasteiger partial charge in [0.15, 0.2) is 5.65 Å². The average molecular weight is 283 g/mol. The van der Waals surface area contributed by atoms with E-state index in [0.29, 0.717) is 16.7 Å². The van der Waals surface area contributed by atoms with Crippen molar-refractivity contribution in [1.29, 1.82) is 0 Å². The molecule has 0 saturated heterocycles. The third kappa shape index (κ3) is 1.81. The van der Waals surface area contributed by atoms with E-state index in [4.69, 9.17) is 23.2 Å². The van der Waals surface area contributed by atoms with Gasteiger partial charge in [0.1, 0.15) is 11.0 Å². The van der Waals surface area contributed by atoms with E-state index in [1.54, 1.807) is 12.1 Å². The van der Waals surface area contributed by atoms with E-state index in [-0.39, 0.29) is 16.3 Å². The van der Waals surface area contributed by atoms with Crippen LogP contribution in [0.25, 0.3) is 16.7 Å². The predicted molar refractivity (Wildman–Crippen MR) is 66.6 cm³/mol. The van der Waals surface area contributed by atoms with Gasteiger partial charge in [-0.1, -0.05) is 11.6 Å². The van der Waals surface area contributed by atoms with Gasteiger partial charge in [-0.3, -0.25) is 0 Å². The smallest absolute Gasteiger partial charge is 0.215 e. The third-order valence-electron chi connectivity index (χ3n) is 2.43. The minimum Gasteiger partial charge on any atom is -0.215 e. The standard InChI is InChI=1S/C11H5Cl2FN4/c12-9-8-5-15-18(10(8)17-11(13)16-9)7-3-1-6(14)2-4-7/h1-5H. The first-order valence-electron chi connectivity index (χ1n) is 4.98. The van der Waals surface area contributed by atoms with Crippen molar-refractivity contribution in [2.24, 2.45) is 0 Å². The number of nitrogens with zero attached hydrogens (tertiary/aromatic N) is 4. The monoisotopic (exact) mass is 282 g/mol. The summed E-state index contributed by atoms with van der Waals surface area (Å²) in [7, 11) is 0. The van der Waals surface area contributed by atoms with Crippen LogP contribution in [0.2, 0.25) is 10.4 Å². The maximum Gasteiger partial charge on any atom is 0.225 e. The highest BCUT2D eigenvalue weighted by molar-refractivity contribution is 6.35. The molecule has 0 amide bonds. The van der Waals surface area contributed by atoms with Crippen molar-refractivity contribution < 1.29 is 4.39 Å². The molecular formula is C11H5Cl2FN4. The Kier molecular flexibility index (Phi) is 2.65. The van der Waals surface area contributed by atoms with Crippen LogP contribution in [0.5, 0.6) is 0 Å². The van der Waals surface area contributed by atoms with Gasteiger partial charge in [0.2, 0.25) is 5.28 Å². The normalized spacial score (nSPS) is 11.1. The maximum atomic E-state index is 12.9. The summed E-state index contributed by atoms with van der Waals surface area (Å²) in [5.41, 5.74) is 1.14.